The first-order valence-electron chi connectivity index (χ1n) is 7.42. The van der Waals surface area contributed by atoms with E-state index in [4.69, 9.17) is 5.11 Å². The zero-order valence-electron chi connectivity index (χ0n) is 12.4. The van der Waals surface area contributed by atoms with Crippen LogP contribution in [-0.2, 0) is 9.59 Å². The number of hydrogen-bond acceptors (Lipinski definition) is 2. The van der Waals surface area contributed by atoms with Crippen LogP contribution in [0, 0.1) is 11.3 Å². The molecule has 4 heteroatoms. The van der Waals surface area contributed by atoms with E-state index in [0.29, 0.717) is 12.5 Å². The fraction of sp³-hybridized carbons (Fsp3) is 0.867. The molecule has 1 amide bonds. The molecule has 0 atom stereocenters. The van der Waals surface area contributed by atoms with Crippen LogP contribution in [0.3, 0.4) is 0 Å². The molecule has 0 radical (unpaired) electrons. The minimum Gasteiger partial charge on any atom is -0.480 e. The van der Waals surface area contributed by atoms with Crippen molar-refractivity contribution in [2.24, 2.45) is 11.3 Å². The van der Waals surface area contributed by atoms with E-state index in [1.165, 1.54) is 0 Å². The summed E-state index contributed by atoms with van der Waals surface area (Å²) < 4.78 is 0. The third kappa shape index (κ3) is 4.22. The third-order valence-corrected chi connectivity index (χ3v) is 3.92. The summed E-state index contributed by atoms with van der Waals surface area (Å²) in [7, 11) is 0. The number of hydrogen-bond donors (Lipinski definition) is 1. The maximum Gasteiger partial charge on any atom is 0.323 e. The number of carbonyl (C=O) groups is 2. The average molecular weight is 269 g/mol. The molecular weight excluding hydrogens is 242 g/mol. The van der Waals surface area contributed by atoms with Gasteiger partial charge in [0.1, 0.15) is 6.54 Å². The van der Waals surface area contributed by atoms with Gasteiger partial charge in [-0.3, -0.25) is 9.59 Å². The van der Waals surface area contributed by atoms with Crippen LogP contribution < -0.4 is 0 Å². The van der Waals surface area contributed by atoms with Gasteiger partial charge in [-0.15, -0.1) is 0 Å². The Morgan fingerprint density at radius 2 is 1.84 bits per heavy atom. The van der Waals surface area contributed by atoms with Gasteiger partial charge in [-0.1, -0.05) is 33.6 Å². The molecule has 1 saturated carbocycles. The van der Waals surface area contributed by atoms with Crippen molar-refractivity contribution < 1.29 is 14.7 Å². The van der Waals surface area contributed by atoms with Crippen LogP contribution in [0.15, 0.2) is 0 Å². The van der Waals surface area contributed by atoms with Crippen LogP contribution >= 0.6 is 0 Å². The number of rotatable bonds is 7. The third-order valence-electron chi connectivity index (χ3n) is 3.92. The number of carboxylic acids is 1. The summed E-state index contributed by atoms with van der Waals surface area (Å²) in [5.74, 6) is -0.377. The Morgan fingerprint density at radius 1 is 1.26 bits per heavy atom. The Morgan fingerprint density at radius 3 is 2.26 bits per heavy atom. The minimum absolute atomic E-state index is 0.0722. The molecule has 19 heavy (non-hydrogen) atoms. The number of aliphatic carboxylic acids is 1. The highest BCUT2D eigenvalue weighted by molar-refractivity contribution is 5.86. The zero-order valence-corrected chi connectivity index (χ0v) is 12.4. The summed E-state index contributed by atoms with van der Waals surface area (Å²) in [6, 6.07) is 0. The summed E-state index contributed by atoms with van der Waals surface area (Å²) >= 11 is 0. The van der Waals surface area contributed by atoms with Gasteiger partial charge in [-0.25, -0.2) is 0 Å². The molecule has 0 unspecified atom stereocenters. The first-order valence-corrected chi connectivity index (χ1v) is 7.42. The maximum absolute atomic E-state index is 12.8. The van der Waals surface area contributed by atoms with E-state index < -0.39 is 5.97 Å². The molecule has 0 aliphatic heterocycles. The van der Waals surface area contributed by atoms with Gasteiger partial charge in [0.2, 0.25) is 5.91 Å². The maximum atomic E-state index is 12.8. The van der Waals surface area contributed by atoms with E-state index in [-0.39, 0.29) is 17.9 Å². The second kappa shape index (κ2) is 6.92. The smallest absolute Gasteiger partial charge is 0.323 e. The molecule has 0 bridgehead atoms. The molecule has 1 aliphatic rings. The normalized spacial score (nSPS) is 17.7. The van der Waals surface area contributed by atoms with Gasteiger partial charge < -0.3 is 10.0 Å². The van der Waals surface area contributed by atoms with E-state index >= 15 is 0 Å². The van der Waals surface area contributed by atoms with Gasteiger partial charge in [0, 0.05) is 12.0 Å². The summed E-state index contributed by atoms with van der Waals surface area (Å²) in [4.78, 5) is 25.3. The van der Waals surface area contributed by atoms with Crippen LogP contribution in [0.25, 0.3) is 0 Å². The molecule has 0 aromatic carbocycles. The van der Waals surface area contributed by atoms with Crippen molar-refractivity contribution in [1.82, 2.24) is 4.90 Å². The number of carbonyl (C=O) groups excluding carboxylic acids is 1. The predicted molar refractivity (Wildman–Crippen MR) is 74.9 cm³/mol. The summed E-state index contributed by atoms with van der Waals surface area (Å²) in [5.41, 5.74) is -0.293. The minimum atomic E-state index is -0.917. The quantitative estimate of drug-likeness (QED) is 0.773. The van der Waals surface area contributed by atoms with Crippen molar-refractivity contribution in [1.29, 1.82) is 0 Å². The lowest BCUT2D eigenvalue weighted by molar-refractivity contribution is -0.150. The molecule has 0 aromatic rings. The summed E-state index contributed by atoms with van der Waals surface area (Å²) in [6.07, 6.45) is 5.70. The molecular formula is C15H27NO3. The number of nitrogens with zero attached hydrogens (tertiary/aromatic N) is 1. The highest BCUT2D eigenvalue weighted by Crippen LogP contribution is 2.44. The molecule has 4 nitrogen and oxygen atoms in total. The van der Waals surface area contributed by atoms with E-state index in [1.54, 1.807) is 4.90 Å². The summed E-state index contributed by atoms with van der Waals surface area (Å²) in [5, 5.41) is 8.97. The van der Waals surface area contributed by atoms with Gasteiger partial charge in [-0.2, -0.15) is 0 Å². The Labute approximate surface area is 116 Å². The van der Waals surface area contributed by atoms with E-state index in [9.17, 15) is 9.59 Å². The molecule has 1 N–H and O–H groups in total. The van der Waals surface area contributed by atoms with Crippen LogP contribution in [0.5, 0.6) is 0 Å². The molecule has 1 aliphatic carbocycles. The van der Waals surface area contributed by atoms with Gasteiger partial charge >= 0.3 is 5.97 Å². The standard InChI is InChI=1S/C15H27NO3/c1-4-9-16(11-13(17)18)14(19)15(10-12(2)3)7-5-6-8-15/h12H,4-11H2,1-3H3,(H,17,18). The van der Waals surface area contributed by atoms with Crippen molar-refractivity contribution in [2.45, 2.75) is 59.3 Å². The van der Waals surface area contributed by atoms with Crippen LogP contribution in [0.2, 0.25) is 0 Å². The largest absolute Gasteiger partial charge is 0.480 e. The van der Waals surface area contributed by atoms with Crippen molar-refractivity contribution >= 4 is 11.9 Å². The molecule has 0 heterocycles. The van der Waals surface area contributed by atoms with Gasteiger partial charge in [0.05, 0.1) is 0 Å². The Kier molecular flexibility index (Phi) is 5.83. The highest BCUT2D eigenvalue weighted by Gasteiger charge is 2.43. The van der Waals surface area contributed by atoms with Crippen molar-refractivity contribution in [2.75, 3.05) is 13.1 Å². The lowest BCUT2D eigenvalue weighted by Crippen LogP contribution is -2.46. The SMILES string of the molecule is CCCN(CC(=O)O)C(=O)C1(CC(C)C)CCCC1. The lowest BCUT2D eigenvalue weighted by atomic mass is 9.77. The zero-order chi connectivity index (χ0) is 14.5. The van der Waals surface area contributed by atoms with Gasteiger partial charge in [0.15, 0.2) is 0 Å². The van der Waals surface area contributed by atoms with Crippen LogP contribution in [0.4, 0.5) is 0 Å². The second-order valence-corrected chi connectivity index (χ2v) is 6.21. The molecule has 1 rings (SSSR count). The Hall–Kier alpha value is -1.06. The lowest BCUT2D eigenvalue weighted by Gasteiger charge is -2.35. The van der Waals surface area contributed by atoms with Crippen LogP contribution in [-0.4, -0.2) is 35.0 Å². The topological polar surface area (TPSA) is 57.6 Å². The Bertz CT molecular complexity index is 319. The monoisotopic (exact) mass is 269 g/mol. The number of carboxylic acid groups (broad SMARTS) is 1. The fourth-order valence-electron chi connectivity index (χ4n) is 3.36. The highest BCUT2D eigenvalue weighted by atomic mass is 16.4. The van der Waals surface area contributed by atoms with E-state index in [0.717, 1.165) is 38.5 Å². The predicted octanol–water partition coefficient (Wildman–Crippen LogP) is 2.92. The molecule has 0 saturated heterocycles. The van der Waals surface area contributed by atoms with E-state index in [1.807, 2.05) is 6.92 Å². The van der Waals surface area contributed by atoms with E-state index in [2.05, 4.69) is 13.8 Å². The molecule has 1 fully saturated rings. The molecule has 0 spiro atoms. The number of amides is 1. The van der Waals surface area contributed by atoms with Gasteiger partial charge in [-0.05, 0) is 31.6 Å². The van der Waals surface area contributed by atoms with Gasteiger partial charge in [0.25, 0.3) is 0 Å². The molecule has 0 aromatic heterocycles. The van der Waals surface area contributed by atoms with Crippen molar-refractivity contribution in [3.8, 4) is 0 Å². The summed E-state index contributed by atoms with van der Waals surface area (Å²) in [6.45, 7) is 6.63. The van der Waals surface area contributed by atoms with Crippen LogP contribution in [0.1, 0.15) is 59.3 Å². The van der Waals surface area contributed by atoms with Crippen molar-refractivity contribution in [3.63, 3.8) is 0 Å². The Balaban J connectivity index is 2.86. The first-order chi connectivity index (χ1) is 8.91. The first kappa shape index (κ1) is 16.0. The molecule has 110 valence electrons. The van der Waals surface area contributed by atoms with Crippen molar-refractivity contribution in [3.05, 3.63) is 0 Å². The fourth-order valence-corrected chi connectivity index (χ4v) is 3.36. The second-order valence-electron chi connectivity index (χ2n) is 6.21. The average Bonchev–Trinajstić information content (AvgIpc) is 2.75.